The van der Waals surface area contributed by atoms with Crippen LogP contribution in [-0.2, 0) is 14.8 Å². The van der Waals surface area contributed by atoms with Crippen molar-refractivity contribution in [2.24, 2.45) is 4.40 Å². The standard InChI is InChI=1S/C25H21N3O5S/c1-16(29)26-17-7-9-18(10-8-17)27-24-15-23(21-5-3-4-6-22(21)25(24)30)28-34(31,32)20-13-11-19(33-2)12-14-20/h3-15,27H,1-2H3,(H,26,29). The minimum absolute atomic E-state index is 0.00616. The van der Waals surface area contributed by atoms with Crippen LogP contribution < -0.4 is 15.4 Å². The Morgan fingerprint density at radius 3 is 2.12 bits per heavy atom. The summed E-state index contributed by atoms with van der Waals surface area (Å²) in [6.45, 7) is 1.41. The third kappa shape index (κ3) is 4.89. The molecule has 0 unspecified atom stereocenters. The van der Waals surface area contributed by atoms with Crippen LogP contribution >= 0.6 is 0 Å². The van der Waals surface area contributed by atoms with Crippen molar-refractivity contribution in [1.29, 1.82) is 0 Å². The molecule has 1 aliphatic carbocycles. The topological polar surface area (TPSA) is 114 Å². The van der Waals surface area contributed by atoms with Gasteiger partial charge in [-0.3, -0.25) is 9.59 Å². The highest BCUT2D eigenvalue weighted by Crippen LogP contribution is 2.26. The number of benzene rings is 3. The summed E-state index contributed by atoms with van der Waals surface area (Å²) in [6.07, 6.45) is 1.42. The molecule has 34 heavy (non-hydrogen) atoms. The first-order valence-electron chi connectivity index (χ1n) is 10.3. The number of ether oxygens (including phenoxy) is 1. The molecule has 172 valence electrons. The molecule has 0 bridgehead atoms. The number of hydrogen-bond donors (Lipinski definition) is 2. The summed E-state index contributed by atoms with van der Waals surface area (Å²) in [7, 11) is -2.56. The maximum Gasteiger partial charge on any atom is 0.282 e. The molecule has 3 aromatic rings. The van der Waals surface area contributed by atoms with E-state index < -0.39 is 10.0 Å². The molecule has 9 heteroatoms. The minimum atomic E-state index is -4.05. The number of methoxy groups -OCH3 is 1. The Labute approximate surface area is 197 Å². The van der Waals surface area contributed by atoms with E-state index in [4.69, 9.17) is 4.74 Å². The van der Waals surface area contributed by atoms with E-state index in [1.807, 2.05) is 0 Å². The van der Waals surface area contributed by atoms with Crippen LogP contribution in [0.4, 0.5) is 11.4 Å². The lowest BCUT2D eigenvalue weighted by molar-refractivity contribution is -0.114. The lowest BCUT2D eigenvalue weighted by Crippen LogP contribution is -2.22. The average Bonchev–Trinajstić information content (AvgIpc) is 2.83. The molecule has 0 saturated heterocycles. The van der Waals surface area contributed by atoms with Gasteiger partial charge in [-0.05, 0) is 54.6 Å². The van der Waals surface area contributed by atoms with Crippen LogP contribution in [0.25, 0.3) is 0 Å². The van der Waals surface area contributed by atoms with E-state index in [9.17, 15) is 18.0 Å². The van der Waals surface area contributed by atoms with E-state index in [1.165, 1.54) is 32.2 Å². The molecular formula is C25H21N3O5S. The predicted molar refractivity (Wildman–Crippen MR) is 130 cm³/mol. The van der Waals surface area contributed by atoms with E-state index in [0.717, 1.165) is 0 Å². The fourth-order valence-electron chi connectivity index (χ4n) is 3.42. The minimum Gasteiger partial charge on any atom is -0.497 e. The molecule has 8 nitrogen and oxygen atoms in total. The Balaban J connectivity index is 1.71. The van der Waals surface area contributed by atoms with E-state index in [2.05, 4.69) is 15.0 Å². The van der Waals surface area contributed by atoms with Crippen LogP contribution in [0.2, 0.25) is 0 Å². The van der Waals surface area contributed by atoms with Crippen molar-refractivity contribution in [2.75, 3.05) is 17.7 Å². The second-order valence-electron chi connectivity index (χ2n) is 7.44. The molecule has 0 saturated carbocycles. The highest BCUT2D eigenvalue weighted by Gasteiger charge is 2.26. The number of Topliss-reactive ketones (excluding diaryl/α,β-unsaturated/α-hetero) is 1. The van der Waals surface area contributed by atoms with Crippen molar-refractivity contribution in [3.05, 3.63) is 95.7 Å². The third-order valence-electron chi connectivity index (χ3n) is 5.03. The lowest BCUT2D eigenvalue weighted by Gasteiger charge is -2.19. The average molecular weight is 476 g/mol. The zero-order chi connectivity index (χ0) is 24.3. The number of nitrogens with zero attached hydrogens (tertiary/aromatic N) is 1. The summed E-state index contributed by atoms with van der Waals surface area (Å²) < 4.78 is 35.1. The number of fused-ring (bicyclic) bond motifs is 1. The second kappa shape index (κ2) is 9.32. The predicted octanol–water partition coefficient (Wildman–Crippen LogP) is 4.02. The van der Waals surface area contributed by atoms with Gasteiger partial charge in [0, 0.05) is 29.4 Å². The monoisotopic (exact) mass is 475 g/mol. The number of amides is 1. The number of carbonyl (C=O) groups is 2. The molecule has 0 heterocycles. The van der Waals surface area contributed by atoms with Crippen LogP contribution in [0.5, 0.6) is 5.75 Å². The first kappa shape index (κ1) is 22.9. The Morgan fingerprint density at radius 2 is 1.50 bits per heavy atom. The molecular weight excluding hydrogens is 454 g/mol. The highest BCUT2D eigenvalue weighted by molar-refractivity contribution is 7.90. The van der Waals surface area contributed by atoms with Gasteiger partial charge in [-0.25, -0.2) is 0 Å². The molecule has 0 radical (unpaired) electrons. The molecule has 4 rings (SSSR count). The van der Waals surface area contributed by atoms with Crippen LogP contribution in [0.1, 0.15) is 22.8 Å². The maximum absolute atomic E-state index is 13.1. The third-order valence-corrected chi connectivity index (χ3v) is 6.34. The summed E-state index contributed by atoms with van der Waals surface area (Å²) in [5.41, 5.74) is 2.28. The van der Waals surface area contributed by atoms with Gasteiger partial charge in [0.1, 0.15) is 5.75 Å². The number of carbonyl (C=O) groups excluding carboxylic acids is 2. The molecule has 3 aromatic carbocycles. The van der Waals surface area contributed by atoms with Gasteiger partial charge >= 0.3 is 0 Å². The Hall–Kier alpha value is -4.24. The Kier molecular flexibility index (Phi) is 6.29. The smallest absolute Gasteiger partial charge is 0.282 e. The van der Waals surface area contributed by atoms with Crippen molar-refractivity contribution in [2.45, 2.75) is 11.8 Å². The lowest BCUT2D eigenvalue weighted by atomic mass is 9.92. The van der Waals surface area contributed by atoms with Gasteiger partial charge in [0.2, 0.25) is 11.7 Å². The van der Waals surface area contributed by atoms with Crippen molar-refractivity contribution in [3.63, 3.8) is 0 Å². The number of allylic oxidation sites excluding steroid dienone is 2. The first-order chi connectivity index (χ1) is 16.3. The van der Waals surface area contributed by atoms with Crippen molar-refractivity contribution in [1.82, 2.24) is 0 Å². The summed E-state index contributed by atoms with van der Waals surface area (Å²) in [4.78, 5) is 24.3. The van der Waals surface area contributed by atoms with Gasteiger partial charge in [-0.15, -0.1) is 0 Å². The molecule has 0 atom stereocenters. The number of rotatable bonds is 6. The van der Waals surface area contributed by atoms with Crippen LogP contribution in [0, 0.1) is 0 Å². The number of anilines is 2. The van der Waals surface area contributed by atoms with Crippen LogP contribution in [-0.4, -0.2) is 32.9 Å². The fourth-order valence-corrected chi connectivity index (χ4v) is 4.42. The zero-order valence-corrected chi connectivity index (χ0v) is 19.2. The quantitative estimate of drug-likeness (QED) is 0.557. The molecule has 1 amide bonds. The molecule has 0 aromatic heterocycles. The van der Waals surface area contributed by atoms with Crippen molar-refractivity contribution < 1.29 is 22.7 Å². The van der Waals surface area contributed by atoms with Crippen LogP contribution in [0.15, 0.2) is 93.9 Å². The molecule has 2 N–H and O–H groups in total. The molecule has 0 fully saturated rings. The number of nitrogens with one attached hydrogen (secondary N) is 2. The van der Waals surface area contributed by atoms with Gasteiger partial charge in [0.05, 0.1) is 23.4 Å². The van der Waals surface area contributed by atoms with Gasteiger partial charge in [-0.2, -0.15) is 12.8 Å². The number of ketones is 1. The largest absolute Gasteiger partial charge is 0.497 e. The maximum atomic E-state index is 13.1. The Morgan fingerprint density at radius 1 is 0.882 bits per heavy atom. The van der Waals surface area contributed by atoms with E-state index in [-0.39, 0.29) is 28.0 Å². The molecule has 1 aliphatic rings. The first-order valence-corrected chi connectivity index (χ1v) is 11.7. The zero-order valence-electron chi connectivity index (χ0n) is 18.4. The van der Waals surface area contributed by atoms with Crippen molar-refractivity contribution in [3.8, 4) is 5.75 Å². The van der Waals surface area contributed by atoms with Gasteiger partial charge < -0.3 is 15.4 Å². The second-order valence-corrected chi connectivity index (χ2v) is 9.05. The molecule has 0 spiro atoms. The van der Waals surface area contributed by atoms with E-state index in [1.54, 1.807) is 60.7 Å². The molecule has 0 aliphatic heterocycles. The summed E-state index contributed by atoms with van der Waals surface area (Å²) in [6, 6.07) is 19.4. The van der Waals surface area contributed by atoms with E-state index >= 15 is 0 Å². The normalized spacial score (nSPS) is 14.2. The highest BCUT2D eigenvalue weighted by atomic mass is 32.2. The van der Waals surface area contributed by atoms with Crippen molar-refractivity contribution >= 4 is 38.8 Å². The summed E-state index contributed by atoms with van der Waals surface area (Å²) >= 11 is 0. The van der Waals surface area contributed by atoms with Crippen LogP contribution in [0.3, 0.4) is 0 Å². The van der Waals surface area contributed by atoms with Gasteiger partial charge in [0.15, 0.2) is 0 Å². The van der Waals surface area contributed by atoms with E-state index in [0.29, 0.717) is 28.3 Å². The summed E-state index contributed by atoms with van der Waals surface area (Å²) in [5, 5.41) is 5.70. The number of hydrogen-bond acceptors (Lipinski definition) is 6. The fraction of sp³-hybridized carbons (Fsp3) is 0.0800. The summed E-state index contributed by atoms with van der Waals surface area (Å²) in [5.74, 6) is 0.0415. The number of sulfonamides is 1. The van der Waals surface area contributed by atoms with Gasteiger partial charge in [0.25, 0.3) is 10.0 Å². The SMILES string of the molecule is COc1ccc(S(=O)(=O)N=C2C=C(Nc3ccc(NC(C)=O)cc3)C(=O)c3ccccc32)cc1. The van der Waals surface area contributed by atoms with Gasteiger partial charge in [-0.1, -0.05) is 24.3 Å². The Bertz CT molecular complexity index is 1420.